The summed E-state index contributed by atoms with van der Waals surface area (Å²) < 4.78 is 0. The molecule has 0 amide bonds. The van der Waals surface area contributed by atoms with Crippen molar-refractivity contribution >= 4 is 5.78 Å². The molecule has 0 aromatic rings. The lowest BCUT2D eigenvalue weighted by atomic mass is 9.62. The van der Waals surface area contributed by atoms with E-state index in [4.69, 9.17) is 0 Å². The molecule has 2 nitrogen and oxygen atoms in total. The van der Waals surface area contributed by atoms with Crippen LogP contribution in [0, 0.1) is 23.2 Å². The van der Waals surface area contributed by atoms with Crippen LogP contribution in [-0.4, -0.2) is 16.5 Å². The second kappa shape index (κ2) is 5.79. The van der Waals surface area contributed by atoms with Gasteiger partial charge in [0.05, 0.1) is 5.60 Å². The van der Waals surface area contributed by atoms with E-state index in [0.717, 1.165) is 32.1 Å². The second-order valence-electron chi connectivity index (χ2n) is 8.24. The SMILES string of the molecule is C[C@@H](CCCC(C)(C)O)C1CC[C@H]2C(=O)CCC[C@]12C. The first-order valence-electron chi connectivity index (χ1n) is 8.49. The Bertz CT molecular complexity index is 355. The van der Waals surface area contributed by atoms with Crippen LogP contribution in [0.2, 0.25) is 0 Å². The van der Waals surface area contributed by atoms with Gasteiger partial charge in [-0.05, 0) is 63.2 Å². The van der Waals surface area contributed by atoms with Crippen LogP contribution < -0.4 is 0 Å². The molecule has 0 aromatic heterocycles. The van der Waals surface area contributed by atoms with Crippen molar-refractivity contribution in [2.24, 2.45) is 23.2 Å². The second-order valence-corrected chi connectivity index (χ2v) is 8.24. The summed E-state index contributed by atoms with van der Waals surface area (Å²) in [5, 5.41) is 9.82. The first-order valence-corrected chi connectivity index (χ1v) is 8.49. The summed E-state index contributed by atoms with van der Waals surface area (Å²) in [6.07, 6.45) is 8.67. The summed E-state index contributed by atoms with van der Waals surface area (Å²) in [6, 6.07) is 0. The van der Waals surface area contributed by atoms with Crippen LogP contribution in [0.4, 0.5) is 0 Å². The fourth-order valence-corrected chi connectivity index (χ4v) is 4.96. The molecule has 2 aliphatic rings. The Balaban J connectivity index is 1.93. The molecule has 2 saturated carbocycles. The Labute approximate surface area is 124 Å². The molecule has 0 spiro atoms. The highest BCUT2D eigenvalue weighted by Gasteiger charge is 2.52. The zero-order valence-electron chi connectivity index (χ0n) is 13.7. The fraction of sp³-hybridized carbons (Fsp3) is 0.944. The average Bonchev–Trinajstić information content (AvgIpc) is 2.66. The Morgan fingerprint density at radius 1 is 1.40 bits per heavy atom. The maximum atomic E-state index is 12.2. The minimum Gasteiger partial charge on any atom is -0.390 e. The van der Waals surface area contributed by atoms with Gasteiger partial charge in [-0.3, -0.25) is 4.79 Å². The molecule has 1 unspecified atom stereocenters. The van der Waals surface area contributed by atoms with E-state index in [0.29, 0.717) is 23.5 Å². The zero-order valence-corrected chi connectivity index (χ0v) is 13.7. The molecule has 2 heteroatoms. The highest BCUT2D eigenvalue weighted by Crippen LogP contribution is 2.57. The maximum absolute atomic E-state index is 12.2. The first kappa shape index (κ1) is 16.0. The summed E-state index contributed by atoms with van der Waals surface area (Å²) in [5.41, 5.74) is -0.272. The van der Waals surface area contributed by atoms with Crippen molar-refractivity contribution in [1.82, 2.24) is 0 Å². The van der Waals surface area contributed by atoms with E-state index in [1.165, 1.54) is 19.3 Å². The van der Waals surface area contributed by atoms with E-state index >= 15 is 0 Å². The molecule has 4 atom stereocenters. The van der Waals surface area contributed by atoms with Crippen molar-refractivity contribution in [3.8, 4) is 0 Å². The number of rotatable bonds is 5. The highest BCUT2D eigenvalue weighted by atomic mass is 16.3. The molecular formula is C18H32O2. The molecule has 2 rings (SSSR count). The predicted molar refractivity (Wildman–Crippen MR) is 82.5 cm³/mol. The van der Waals surface area contributed by atoms with Gasteiger partial charge < -0.3 is 5.11 Å². The van der Waals surface area contributed by atoms with Crippen molar-refractivity contribution in [3.63, 3.8) is 0 Å². The van der Waals surface area contributed by atoms with Crippen LogP contribution in [0.25, 0.3) is 0 Å². The first-order chi connectivity index (χ1) is 9.24. The highest BCUT2D eigenvalue weighted by molar-refractivity contribution is 5.83. The molecule has 2 aliphatic carbocycles. The van der Waals surface area contributed by atoms with E-state index in [2.05, 4.69) is 13.8 Å². The van der Waals surface area contributed by atoms with Crippen LogP contribution in [0.5, 0.6) is 0 Å². The van der Waals surface area contributed by atoms with E-state index in [1.807, 2.05) is 13.8 Å². The third-order valence-corrected chi connectivity index (χ3v) is 6.07. The molecule has 1 N–H and O–H groups in total. The summed E-state index contributed by atoms with van der Waals surface area (Å²) in [4.78, 5) is 12.2. The van der Waals surface area contributed by atoms with Gasteiger partial charge in [0, 0.05) is 12.3 Å². The smallest absolute Gasteiger partial charge is 0.136 e. The molecule has 0 bridgehead atoms. The number of hydrogen-bond acceptors (Lipinski definition) is 2. The van der Waals surface area contributed by atoms with Gasteiger partial charge >= 0.3 is 0 Å². The Morgan fingerprint density at radius 3 is 2.75 bits per heavy atom. The molecule has 0 saturated heterocycles. The quantitative estimate of drug-likeness (QED) is 0.813. The van der Waals surface area contributed by atoms with Gasteiger partial charge in [-0.2, -0.15) is 0 Å². The molecule has 20 heavy (non-hydrogen) atoms. The molecule has 0 radical (unpaired) electrons. The topological polar surface area (TPSA) is 37.3 Å². The molecule has 0 aliphatic heterocycles. The van der Waals surface area contributed by atoms with Gasteiger partial charge in [-0.25, -0.2) is 0 Å². The Kier molecular flexibility index (Phi) is 4.63. The summed E-state index contributed by atoms with van der Waals surface area (Å²) in [5.74, 6) is 2.26. The van der Waals surface area contributed by atoms with Crippen molar-refractivity contribution in [2.45, 2.75) is 84.7 Å². The van der Waals surface area contributed by atoms with Crippen molar-refractivity contribution in [3.05, 3.63) is 0 Å². The van der Waals surface area contributed by atoms with Crippen LogP contribution in [0.15, 0.2) is 0 Å². The predicted octanol–water partition coefficient (Wildman–Crippen LogP) is 4.35. The van der Waals surface area contributed by atoms with Gasteiger partial charge in [0.25, 0.3) is 0 Å². The molecule has 0 aromatic carbocycles. The van der Waals surface area contributed by atoms with E-state index in [9.17, 15) is 9.90 Å². The lowest BCUT2D eigenvalue weighted by molar-refractivity contribution is -0.130. The van der Waals surface area contributed by atoms with Gasteiger partial charge in [0.1, 0.15) is 5.78 Å². The third kappa shape index (κ3) is 3.27. The third-order valence-electron chi connectivity index (χ3n) is 6.07. The number of carbonyl (C=O) groups excluding carboxylic acids is 1. The van der Waals surface area contributed by atoms with Crippen molar-refractivity contribution < 1.29 is 9.90 Å². The van der Waals surface area contributed by atoms with Gasteiger partial charge in [-0.1, -0.05) is 26.7 Å². The lowest BCUT2D eigenvalue weighted by Crippen LogP contribution is -2.39. The number of hydrogen-bond donors (Lipinski definition) is 1. The zero-order chi connectivity index (χ0) is 15.0. The normalized spacial score (nSPS) is 36.0. The summed E-state index contributed by atoms with van der Waals surface area (Å²) >= 11 is 0. The lowest BCUT2D eigenvalue weighted by Gasteiger charge is -2.42. The Hall–Kier alpha value is -0.370. The molecule has 0 heterocycles. The minimum atomic E-state index is -0.539. The van der Waals surface area contributed by atoms with Crippen LogP contribution in [-0.2, 0) is 4.79 Å². The number of carbonyl (C=O) groups is 1. The van der Waals surface area contributed by atoms with E-state index < -0.39 is 5.60 Å². The molecule has 2 fully saturated rings. The van der Waals surface area contributed by atoms with Gasteiger partial charge in [-0.15, -0.1) is 0 Å². The Morgan fingerprint density at radius 2 is 2.10 bits per heavy atom. The summed E-state index contributed by atoms with van der Waals surface area (Å²) in [6.45, 7) is 8.52. The van der Waals surface area contributed by atoms with E-state index in [1.54, 1.807) is 0 Å². The van der Waals surface area contributed by atoms with Crippen LogP contribution >= 0.6 is 0 Å². The van der Waals surface area contributed by atoms with E-state index in [-0.39, 0.29) is 5.41 Å². The van der Waals surface area contributed by atoms with Crippen molar-refractivity contribution in [2.75, 3.05) is 0 Å². The largest absolute Gasteiger partial charge is 0.390 e. The molecular weight excluding hydrogens is 248 g/mol. The number of aliphatic hydroxyl groups is 1. The van der Waals surface area contributed by atoms with Crippen molar-refractivity contribution in [1.29, 1.82) is 0 Å². The van der Waals surface area contributed by atoms with Crippen LogP contribution in [0.3, 0.4) is 0 Å². The standard InChI is InChI=1S/C18H32O2/c1-13(7-5-11-17(2,3)20)14-9-10-15-16(19)8-6-12-18(14,15)4/h13-15,20H,5-12H2,1-4H3/t13-,14?,15-,18+/m0/s1. The fourth-order valence-electron chi connectivity index (χ4n) is 4.96. The van der Waals surface area contributed by atoms with Gasteiger partial charge in [0.2, 0.25) is 0 Å². The minimum absolute atomic E-state index is 0.267. The number of ketones is 1. The van der Waals surface area contributed by atoms with Crippen LogP contribution in [0.1, 0.15) is 79.1 Å². The monoisotopic (exact) mass is 280 g/mol. The molecule has 116 valence electrons. The maximum Gasteiger partial charge on any atom is 0.136 e. The summed E-state index contributed by atoms with van der Waals surface area (Å²) in [7, 11) is 0. The number of Topliss-reactive ketones (excluding diaryl/α,β-unsaturated/α-hetero) is 1. The average molecular weight is 280 g/mol. The van der Waals surface area contributed by atoms with Gasteiger partial charge in [0.15, 0.2) is 0 Å². The number of fused-ring (bicyclic) bond motifs is 1.